The van der Waals surface area contributed by atoms with E-state index in [9.17, 15) is 9.59 Å². The standard InChI is InChI=1S/C19H22N4O2/c1-14(24)23-17-10-6-11-20-18(17)22(13-7-12-21(2)3)16-9-5-4-8-15(16)19(23)25/h4-6,8-11H,7,12-13H2,1-3H3. The van der Waals surface area contributed by atoms with Gasteiger partial charge in [-0.3, -0.25) is 9.59 Å². The fraction of sp³-hybridized carbons (Fsp3) is 0.316. The summed E-state index contributed by atoms with van der Waals surface area (Å²) in [5.74, 6) is 0.00594. The second kappa shape index (κ2) is 7.03. The van der Waals surface area contributed by atoms with Crippen molar-refractivity contribution in [3.05, 3.63) is 48.2 Å². The van der Waals surface area contributed by atoms with E-state index in [4.69, 9.17) is 0 Å². The lowest BCUT2D eigenvalue weighted by atomic mass is 10.1. The lowest BCUT2D eigenvalue weighted by Gasteiger charge is -2.26. The molecule has 1 aliphatic rings. The van der Waals surface area contributed by atoms with Crippen molar-refractivity contribution in [1.29, 1.82) is 0 Å². The van der Waals surface area contributed by atoms with Crippen LogP contribution in [0.5, 0.6) is 0 Å². The number of carbonyl (C=O) groups excluding carboxylic acids is 2. The first-order chi connectivity index (χ1) is 12.0. The van der Waals surface area contributed by atoms with Gasteiger partial charge in [-0.25, -0.2) is 9.88 Å². The minimum Gasteiger partial charge on any atom is -0.324 e. The molecular weight excluding hydrogens is 316 g/mol. The number of nitrogens with zero attached hydrogens (tertiary/aromatic N) is 4. The Morgan fingerprint density at radius 3 is 2.56 bits per heavy atom. The smallest absolute Gasteiger partial charge is 0.267 e. The third kappa shape index (κ3) is 3.25. The molecule has 0 saturated carbocycles. The second-order valence-corrected chi connectivity index (χ2v) is 6.33. The van der Waals surface area contributed by atoms with E-state index < -0.39 is 0 Å². The van der Waals surface area contributed by atoms with E-state index in [1.807, 2.05) is 37.2 Å². The maximum absolute atomic E-state index is 13.0. The molecule has 130 valence electrons. The van der Waals surface area contributed by atoms with Gasteiger partial charge in [0.05, 0.1) is 16.9 Å². The van der Waals surface area contributed by atoms with Gasteiger partial charge in [-0.05, 0) is 51.3 Å². The largest absolute Gasteiger partial charge is 0.324 e. The number of benzene rings is 1. The highest BCUT2D eigenvalue weighted by Gasteiger charge is 2.33. The molecule has 2 aromatic rings. The summed E-state index contributed by atoms with van der Waals surface area (Å²) in [6.45, 7) is 3.03. The summed E-state index contributed by atoms with van der Waals surface area (Å²) in [6, 6.07) is 10.9. The molecule has 0 N–H and O–H groups in total. The Bertz CT molecular complexity index is 804. The van der Waals surface area contributed by atoms with Gasteiger partial charge in [0, 0.05) is 19.7 Å². The number of rotatable bonds is 4. The highest BCUT2D eigenvalue weighted by Crippen LogP contribution is 2.39. The summed E-state index contributed by atoms with van der Waals surface area (Å²) in [7, 11) is 4.06. The molecule has 0 spiro atoms. The molecule has 0 radical (unpaired) electrons. The highest BCUT2D eigenvalue weighted by molar-refractivity contribution is 6.24. The normalized spacial score (nSPS) is 13.5. The van der Waals surface area contributed by atoms with Crippen molar-refractivity contribution < 1.29 is 9.59 Å². The van der Waals surface area contributed by atoms with Gasteiger partial charge in [-0.1, -0.05) is 12.1 Å². The van der Waals surface area contributed by atoms with Crippen LogP contribution in [-0.4, -0.2) is 48.9 Å². The van der Waals surface area contributed by atoms with Gasteiger partial charge in [-0.2, -0.15) is 0 Å². The monoisotopic (exact) mass is 338 g/mol. The Balaban J connectivity index is 2.14. The maximum atomic E-state index is 13.0. The number of para-hydroxylation sites is 1. The van der Waals surface area contributed by atoms with Crippen LogP contribution in [0, 0.1) is 0 Å². The summed E-state index contributed by atoms with van der Waals surface area (Å²) >= 11 is 0. The highest BCUT2D eigenvalue weighted by atomic mass is 16.2. The molecule has 2 amide bonds. The van der Waals surface area contributed by atoms with Crippen LogP contribution in [-0.2, 0) is 4.79 Å². The Morgan fingerprint density at radius 2 is 1.84 bits per heavy atom. The maximum Gasteiger partial charge on any atom is 0.267 e. The molecule has 1 aliphatic heterocycles. The number of fused-ring (bicyclic) bond motifs is 2. The van der Waals surface area contributed by atoms with E-state index in [2.05, 4.69) is 9.88 Å². The lowest BCUT2D eigenvalue weighted by Crippen LogP contribution is -2.34. The Kier molecular flexibility index (Phi) is 4.81. The lowest BCUT2D eigenvalue weighted by molar-refractivity contribution is -0.115. The zero-order chi connectivity index (χ0) is 18.0. The van der Waals surface area contributed by atoms with Crippen molar-refractivity contribution in [1.82, 2.24) is 9.88 Å². The number of imide groups is 1. The number of hydrogen-bond acceptors (Lipinski definition) is 5. The second-order valence-electron chi connectivity index (χ2n) is 6.33. The van der Waals surface area contributed by atoms with E-state index in [0.717, 1.165) is 18.7 Å². The molecule has 0 aliphatic carbocycles. The average molecular weight is 338 g/mol. The molecule has 0 bridgehead atoms. The number of anilines is 3. The van der Waals surface area contributed by atoms with E-state index in [1.165, 1.54) is 11.8 Å². The quantitative estimate of drug-likeness (QED) is 0.858. The number of hydrogen-bond donors (Lipinski definition) is 0. The molecule has 2 heterocycles. The van der Waals surface area contributed by atoms with Crippen LogP contribution in [0.4, 0.5) is 17.2 Å². The predicted octanol–water partition coefficient (Wildman–Crippen LogP) is 2.68. The zero-order valence-electron chi connectivity index (χ0n) is 14.8. The molecule has 0 atom stereocenters. The van der Waals surface area contributed by atoms with Crippen LogP contribution in [0.15, 0.2) is 42.6 Å². The van der Waals surface area contributed by atoms with Crippen LogP contribution in [0.1, 0.15) is 23.7 Å². The molecule has 1 aromatic heterocycles. The third-order valence-corrected chi connectivity index (χ3v) is 4.19. The van der Waals surface area contributed by atoms with Crippen molar-refractivity contribution in [2.75, 3.05) is 37.0 Å². The van der Waals surface area contributed by atoms with Crippen LogP contribution in [0.3, 0.4) is 0 Å². The molecule has 3 rings (SSSR count). The van der Waals surface area contributed by atoms with Crippen molar-refractivity contribution in [2.24, 2.45) is 0 Å². The first-order valence-corrected chi connectivity index (χ1v) is 8.32. The first kappa shape index (κ1) is 17.1. The Labute approximate surface area is 147 Å². The average Bonchev–Trinajstić information content (AvgIpc) is 2.68. The minimum absolute atomic E-state index is 0.313. The first-order valence-electron chi connectivity index (χ1n) is 8.32. The van der Waals surface area contributed by atoms with Crippen LogP contribution >= 0.6 is 0 Å². The summed E-state index contributed by atoms with van der Waals surface area (Å²) in [4.78, 5) is 35.1. The minimum atomic E-state index is -0.316. The molecule has 25 heavy (non-hydrogen) atoms. The predicted molar refractivity (Wildman–Crippen MR) is 98.3 cm³/mol. The van der Waals surface area contributed by atoms with E-state index in [0.29, 0.717) is 23.6 Å². The topological polar surface area (TPSA) is 56.8 Å². The molecule has 0 fully saturated rings. The summed E-state index contributed by atoms with van der Waals surface area (Å²) in [5.41, 5.74) is 1.83. The molecule has 1 aromatic carbocycles. The van der Waals surface area contributed by atoms with Crippen molar-refractivity contribution in [3.8, 4) is 0 Å². The van der Waals surface area contributed by atoms with Crippen molar-refractivity contribution in [3.63, 3.8) is 0 Å². The number of amides is 2. The van der Waals surface area contributed by atoms with Gasteiger partial charge < -0.3 is 9.80 Å². The number of pyridine rings is 1. The third-order valence-electron chi connectivity index (χ3n) is 4.19. The van der Waals surface area contributed by atoms with E-state index in [1.54, 1.807) is 24.4 Å². The van der Waals surface area contributed by atoms with E-state index in [-0.39, 0.29) is 11.8 Å². The molecule has 0 saturated heterocycles. The summed E-state index contributed by atoms with van der Waals surface area (Å²) in [5, 5.41) is 0. The van der Waals surface area contributed by atoms with Crippen molar-refractivity contribution in [2.45, 2.75) is 13.3 Å². The van der Waals surface area contributed by atoms with Crippen LogP contribution in [0.2, 0.25) is 0 Å². The SMILES string of the molecule is CC(=O)N1C(=O)c2ccccc2N(CCCN(C)C)c2ncccc21. The fourth-order valence-electron chi connectivity index (χ4n) is 3.09. The van der Waals surface area contributed by atoms with E-state index >= 15 is 0 Å². The summed E-state index contributed by atoms with van der Waals surface area (Å²) in [6.07, 6.45) is 2.60. The van der Waals surface area contributed by atoms with Gasteiger partial charge >= 0.3 is 0 Å². The fourth-order valence-corrected chi connectivity index (χ4v) is 3.09. The van der Waals surface area contributed by atoms with Gasteiger partial charge in [0.2, 0.25) is 5.91 Å². The summed E-state index contributed by atoms with van der Waals surface area (Å²) < 4.78 is 0. The molecule has 6 heteroatoms. The van der Waals surface area contributed by atoms with Crippen molar-refractivity contribution >= 4 is 29.0 Å². The number of carbonyl (C=O) groups is 2. The Hall–Kier alpha value is -2.73. The molecular formula is C19H22N4O2. The molecule has 0 unspecified atom stereocenters. The van der Waals surface area contributed by atoms with Gasteiger partial charge in [-0.15, -0.1) is 0 Å². The van der Waals surface area contributed by atoms with Crippen LogP contribution < -0.4 is 9.80 Å². The number of aromatic nitrogens is 1. The molecule has 6 nitrogen and oxygen atoms in total. The van der Waals surface area contributed by atoms with Gasteiger partial charge in [0.1, 0.15) is 0 Å². The van der Waals surface area contributed by atoms with Crippen LogP contribution in [0.25, 0.3) is 0 Å². The van der Waals surface area contributed by atoms with Gasteiger partial charge in [0.15, 0.2) is 5.82 Å². The Morgan fingerprint density at radius 1 is 1.12 bits per heavy atom. The zero-order valence-corrected chi connectivity index (χ0v) is 14.8. The van der Waals surface area contributed by atoms with Gasteiger partial charge in [0.25, 0.3) is 5.91 Å².